The third kappa shape index (κ3) is 2.02. The molecule has 0 bridgehead atoms. The van der Waals surface area contributed by atoms with Crippen molar-refractivity contribution in [1.29, 1.82) is 0 Å². The second-order valence-electron chi connectivity index (χ2n) is 7.25. The van der Waals surface area contributed by atoms with Gasteiger partial charge in [-0.05, 0) is 37.4 Å². The first-order valence-corrected chi connectivity index (χ1v) is 8.16. The van der Waals surface area contributed by atoms with Crippen molar-refractivity contribution in [3.05, 3.63) is 65.7 Å². The van der Waals surface area contributed by atoms with Gasteiger partial charge in [0.25, 0.3) is 0 Å². The fourth-order valence-corrected chi connectivity index (χ4v) is 4.27. The molecule has 0 amide bonds. The van der Waals surface area contributed by atoms with Gasteiger partial charge in [-0.25, -0.2) is 4.98 Å². The molecular formula is C21H22N2. The molecule has 1 atom stereocenters. The highest BCUT2D eigenvalue weighted by Gasteiger charge is 2.41. The Kier molecular flexibility index (Phi) is 3.07. The number of benzene rings is 2. The van der Waals surface area contributed by atoms with E-state index >= 15 is 0 Å². The lowest BCUT2D eigenvalue weighted by atomic mass is 9.67. The van der Waals surface area contributed by atoms with E-state index in [1.54, 1.807) is 0 Å². The van der Waals surface area contributed by atoms with E-state index in [1.807, 2.05) is 0 Å². The summed E-state index contributed by atoms with van der Waals surface area (Å²) in [6.07, 6.45) is 0. The monoisotopic (exact) mass is 302 g/mol. The summed E-state index contributed by atoms with van der Waals surface area (Å²) in [7, 11) is 4.33. The summed E-state index contributed by atoms with van der Waals surface area (Å²) < 4.78 is 0. The van der Waals surface area contributed by atoms with E-state index in [0.717, 1.165) is 11.2 Å². The largest absolute Gasteiger partial charge is 0.301 e. The van der Waals surface area contributed by atoms with Crippen LogP contribution < -0.4 is 0 Å². The van der Waals surface area contributed by atoms with E-state index in [1.165, 1.54) is 22.1 Å². The first kappa shape index (κ1) is 14.4. The number of pyridine rings is 1. The van der Waals surface area contributed by atoms with E-state index in [0.29, 0.717) is 6.04 Å². The average molecular weight is 302 g/mol. The smallest absolute Gasteiger partial charge is 0.0760 e. The van der Waals surface area contributed by atoms with E-state index in [9.17, 15) is 0 Å². The molecule has 1 aliphatic rings. The molecule has 2 aromatic carbocycles. The molecule has 2 nitrogen and oxygen atoms in total. The van der Waals surface area contributed by atoms with Crippen molar-refractivity contribution in [2.45, 2.75) is 25.3 Å². The molecule has 0 spiro atoms. The molecule has 3 aromatic rings. The number of fused-ring (bicyclic) bond motifs is 4. The quantitative estimate of drug-likeness (QED) is 0.642. The molecule has 4 rings (SSSR count). The maximum Gasteiger partial charge on any atom is 0.0760 e. The second kappa shape index (κ2) is 4.90. The first-order valence-electron chi connectivity index (χ1n) is 8.16. The molecule has 2 heteroatoms. The Morgan fingerprint density at radius 3 is 2.43 bits per heavy atom. The van der Waals surface area contributed by atoms with Crippen LogP contribution in [0.3, 0.4) is 0 Å². The van der Waals surface area contributed by atoms with Crippen molar-refractivity contribution in [2.75, 3.05) is 14.1 Å². The van der Waals surface area contributed by atoms with Crippen LogP contribution >= 0.6 is 0 Å². The van der Waals surface area contributed by atoms with Crippen LogP contribution in [0.4, 0.5) is 0 Å². The summed E-state index contributed by atoms with van der Waals surface area (Å²) in [6, 6.07) is 19.8. The number of rotatable bonds is 1. The minimum Gasteiger partial charge on any atom is -0.301 e. The van der Waals surface area contributed by atoms with Gasteiger partial charge in [-0.1, -0.05) is 56.3 Å². The molecule has 1 aromatic heterocycles. The van der Waals surface area contributed by atoms with Gasteiger partial charge in [0.1, 0.15) is 0 Å². The molecule has 0 aliphatic heterocycles. The van der Waals surface area contributed by atoms with Crippen molar-refractivity contribution in [3.8, 4) is 11.3 Å². The predicted octanol–water partition coefficient (Wildman–Crippen LogP) is 4.80. The van der Waals surface area contributed by atoms with Crippen molar-refractivity contribution in [2.24, 2.45) is 0 Å². The third-order valence-corrected chi connectivity index (χ3v) is 5.12. The summed E-state index contributed by atoms with van der Waals surface area (Å²) in [4.78, 5) is 7.35. The van der Waals surface area contributed by atoms with Gasteiger partial charge in [-0.2, -0.15) is 0 Å². The van der Waals surface area contributed by atoms with Gasteiger partial charge in [0, 0.05) is 22.4 Å². The fourth-order valence-electron chi connectivity index (χ4n) is 4.27. The van der Waals surface area contributed by atoms with E-state index in [4.69, 9.17) is 4.98 Å². The van der Waals surface area contributed by atoms with Crippen molar-refractivity contribution in [3.63, 3.8) is 0 Å². The van der Waals surface area contributed by atoms with Crippen molar-refractivity contribution < 1.29 is 0 Å². The van der Waals surface area contributed by atoms with Crippen molar-refractivity contribution >= 4 is 10.9 Å². The maximum atomic E-state index is 5.03. The van der Waals surface area contributed by atoms with E-state index < -0.39 is 0 Å². The molecule has 0 fully saturated rings. The van der Waals surface area contributed by atoms with E-state index in [2.05, 4.69) is 87.4 Å². The molecule has 1 heterocycles. The number of hydrogen-bond donors (Lipinski definition) is 0. The Bertz CT molecular complexity index is 893. The van der Waals surface area contributed by atoms with Gasteiger partial charge in [0.2, 0.25) is 0 Å². The highest BCUT2D eigenvalue weighted by atomic mass is 15.1. The number of para-hydroxylation sites is 1. The summed E-state index contributed by atoms with van der Waals surface area (Å²) >= 11 is 0. The lowest BCUT2D eigenvalue weighted by Gasteiger charge is -2.44. The minimum atomic E-state index is 0.0389. The first-order chi connectivity index (χ1) is 11.0. The summed E-state index contributed by atoms with van der Waals surface area (Å²) in [5.41, 5.74) is 6.23. The highest BCUT2D eigenvalue weighted by Crippen LogP contribution is 2.50. The zero-order chi connectivity index (χ0) is 16.2. The number of likely N-dealkylation sites (N-methyl/N-ethyl adjacent to an activating group) is 1. The SMILES string of the molecule is CN(C)C1c2cc3ccccc3nc2-c2ccccc2C1(C)C. The van der Waals surface area contributed by atoms with Crippen LogP contribution in [-0.2, 0) is 5.41 Å². The predicted molar refractivity (Wildman–Crippen MR) is 96.6 cm³/mol. The Balaban J connectivity index is 2.12. The van der Waals surface area contributed by atoms with Crippen LogP contribution in [0.1, 0.15) is 31.0 Å². The van der Waals surface area contributed by atoms with Crippen LogP contribution in [0, 0.1) is 0 Å². The third-order valence-electron chi connectivity index (χ3n) is 5.12. The summed E-state index contributed by atoms with van der Waals surface area (Å²) in [6.45, 7) is 4.68. The molecule has 23 heavy (non-hydrogen) atoms. The molecule has 0 N–H and O–H groups in total. The van der Waals surface area contributed by atoms with Crippen LogP contribution in [-0.4, -0.2) is 24.0 Å². The van der Waals surface area contributed by atoms with Gasteiger partial charge in [-0.15, -0.1) is 0 Å². The van der Waals surface area contributed by atoms with Crippen molar-refractivity contribution in [1.82, 2.24) is 9.88 Å². The minimum absolute atomic E-state index is 0.0389. The Hall–Kier alpha value is -2.19. The molecule has 1 unspecified atom stereocenters. The van der Waals surface area contributed by atoms with Crippen LogP contribution in [0.5, 0.6) is 0 Å². The Morgan fingerprint density at radius 2 is 1.65 bits per heavy atom. The normalized spacial score (nSPS) is 18.7. The van der Waals surface area contributed by atoms with Gasteiger partial charge in [-0.3, -0.25) is 0 Å². The molecule has 0 radical (unpaired) electrons. The lowest BCUT2D eigenvalue weighted by Crippen LogP contribution is -2.39. The molecular weight excluding hydrogens is 280 g/mol. The Morgan fingerprint density at radius 1 is 0.957 bits per heavy atom. The highest BCUT2D eigenvalue weighted by molar-refractivity contribution is 5.85. The molecule has 1 aliphatic carbocycles. The average Bonchev–Trinajstić information content (AvgIpc) is 2.53. The molecule has 0 saturated carbocycles. The molecule has 0 saturated heterocycles. The molecule has 116 valence electrons. The number of hydrogen-bond acceptors (Lipinski definition) is 2. The lowest BCUT2D eigenvalue weighted by molar-refractivity contribution is 0.198. The zero-order valence-corrected chi connectivity index (χ0v) is 14.2. The maximum absolute atomic E-state index is 5.03. The van der Waals surface area contributed by atoms with Gasteiger partial charge < -0.3 is 4.90 Å². The van der Waals surface area contributed by atoms with Gasteiger partial charge in [0.05, 0.1) is 11.2 Å². The second-order valence-corrected chi connectivity index (χ2v) is 7.25. The topological polar surface area (TPSA) is 16.1 Å². The van der Waals surface area contributed by atoms with Gasteiger partial charge in [0.15, 0.2) is 0 Å². The standard InChI is InChI=1S/C21H22N2/c1-21(2)17-11-7-6-10-15(17)19-16(20(21)23(3)4)13-14-9-5-8-12-18(14)22-19/h5-13,20H,1-4H3. The Labute approximate surface area is 137 Å². The van der Waals surface area contributed by atoms with Crippen LogP contribution in [0.2, 0.25) is 0 Å². The summed E-state index contributed by atoms with van der Waals surface area (Å²) in [5.74, 6) is 0. The van der Waals surface area contributed by atoms with Crippen LogP contribution in [0.15, 0.2) is 54.6 Å². The van der Waals surface area contributed by atoms with Gasteiger partial charge >= 0.3 is 0 Å². The fraction of sp³-hybridized carbons (Fsp3) is 0.286. The number of aromatic nitrogens is 1. The van der Waals surface area contributed by atoms with Crippen LogP contribution in [0.25, 0.3) is 22.2 Å². The zero-order valence-electron chi connectivity index (χ0n) is 14.2. The summed E-state index contributed by atoms with van der Waals surface area (Å²) in [5, 5.41) is 1.22. The van der Waals surface area contributed by atoms with E-state index in [-0.39, 0.29) is 5.41 Å². The number of nitrogens with zero attached hydrogens (tertiary/aromatic N) is 2.